The molecular formula is C31H26FN2+. The highest BCUT2D eigenvalue weighted by Crippen LogP contribution is 2.36. The first-order chi connectivity index (χ1) is 16.4. The van der Waals surface area contributed by atoms with Crippen molar-refractivity contribution in [2.75, 3.05) is 0 Å². The van der Waals surface area contributed by atoms with Gasteiger partial charge in [-0.25, -0.2) is 0 Å². The average molecular weight is 446 g/mol. The minimum Gasteiger partial charge on any atom is -0.309 e. The van der Waals surface area contributed by atoms with E-state index in [2.05, 4.69) is 92.1 Å². The fourth-order valence-electron chi connectivity index (χ4n) is 5.39. The van der Waals surface area contributed by atoms with Crippen molar-refractivity contribution in [1.82, 2.24) is 4.57 Å². The van der Waals surface area contributed by atoms with Crippen LogP contribution in [0, 0.1) is 26.6 Å². The Labute approximate surface area is 198 Å². The summed E-state index contributed by atoms with van der Waals surface area (Å²) in [6.07, 6.45) is 1.59. The lowest BCUT2D eigenvalue weighted by Gasteiger charge is -2.14. The highest BCUT2D eigenvalue weighted by molar-refractivity contribution is 6.09. The van der Waals surface area contributed by atoms with Gasteiger partial charge in [0, 0.05) is 21.8 Å². The molecular weight excluding hydrogens is 419 g/mol. The number of pyridine rings is 1. The summed E-state index contributed by atoms with van der Waals surface area (Å²) in [5.74, 6) is -0.211. The molecule has 0 aliphatic carbocycles. The van der Waals surface area contributed by atoms with Gasteiger partial charge in [-0.15, -0.1) is 0 Å². The summed E-state index contributed by atoms with van der Waals surface area (Å²) >= 11 is 0. The van der Waals surface area contributed by atoms with Crippen molar-refractivity contribution < 1.29 is 8.96 Å². The van der Waals surface area contributed by atoms with E-state index in [1.807, 2.05) is 23.7 Å². The molecule has 0 aliphatic heterocycles. The number of halogens is 1. The van der Waals surface area contributed by atoms with Crippen LogP contribution in [0.2, 0.25) is 0 Å². The van der Waals surface area contributed by atoms with Crippen molar-refractivity contribution in [3.8, 4) is 16.9 Å². The Hall–Kier alpha value is -3.98. The molecule has 3 heteroatoms. The van der Waals surface area contributed by atoms with E-state index in [1.165, 1.54) is 27.5 Å². The van der Waals surface area contributed by atoms with Crippen molar-refractivity contribution in [2.45, 2.75) is 20.8 Å². The molecule has 0 unspecified atom stereocenters. The zero-order valence-electron chi connectivity index (χ0n) is 19.9. The predicted octanol–water partition coefficient (Wildman–Crippen LogP) is 7.49. The smallest absolute Gasteiger partial charge is 0.220 e. The maximum atomic E-state index is 15.2. The van der Waals surface area contributed by atoms with Crippen molar-refractivity contribution in [3.63, 3.8) is 0 Å². The Bertz CT molecular complexity index is 1700. The van der Waals surface area contributed by atoms with Gasteiger partial charge < -0.3 is 4.57 Å². The summed E-state index contributed by atoms with van der Waals surface area (Å²) in [5.41, 5.74) is 9.16. The lowest BCUT2D eigenvalue weighted by molar-refractivity contribution is -0.660. The van der Waals surface area contributed by atoms with Crippen LogP contribution in [0.4, 0.5) is 4.39 Å². The van der Waals surface area contributed by atoms with Gasteiger partial charge in [0.15, 0.2) is 5.82 Å². The standard InChI is InChI=1S/C31H26FN2/c1-19-15-20(2)21(3)26(16-19)31-27-17-22(13-14-23(27)28(32)18-33(31)4)34-29-11-7-5-9-24(29)25-10-6-8-12-30(25)34/h5-18H,1-4H3/q+1. The normalized spacial score (nSPS) is 11.7. The first-order valence-electron chi connectivity index (χ1n) is 11.6. The topological polar surface area (TPSA) is 8.81 Å². The molecule has 0 radical (unpaired) electrons. The van der Waals surface area contributed by atoms with Gasteiger partial charge in [-0.1, -0.05) is 48.0 Å². The SMILES string of the molecule is Cc1cc(C)c(C)c(-c2c3cc(-n4c5ccccc5c5ccccc54)ccc3c(F)c[n+]2C)c1. The molecule has 6 aromatic rings. The Balaban J connectivity index is 1.74. The van der Waals surface area contributed by atoms with Crippen molar-refractivity contribution in [1.29, 1.82) is 0 Å². The van der Waals surface area contributed by atoms with E-state index in [1.54, 1.807) is 6.20 Å². The second kappa shape index (κ2) is 7.53. The van der Waals surface area contributed by atoms with E-state index in [0.717, 1.165) is 33.4 Å². The number of hydrogen-bond donors (Lipinski definition) is 0. The molecule has 2 aromatic heterocycles. The van der Waals surface area contributed by atoms with Gasteiger partial charge in [0.1, 0.15) is 7.05 Å². The van der Waals surface area contributed by atoms with Crippen LogP contribution in [0.5, 0.6) is 0 Å². The number of nitrogens with zero attached hydrogens (tertiary/aromatic N) is 2. The number of rotatable bonds is 2. The minimum atomic E-state index is -0.211. The van der Waals surface area contributed by atoms with Crippen LogP contribution in [0.1, 0.15) is 16.7 Å². The van der Waals surface area contributed by atoms with Gasteiger partial charge in [-0.3, -0.25) is 0 Å². The molecule has 0 saturated heterocycles. The highest BCUT2D eigenvalue weighted by Gasteiger charge is 2.22. The molecule has 4 aromatic carbocycles. The monoisotopic (exact) mass is 445 g/mol. The summed E-state index contributed by atoms with van der Waals surface area (Å²) in [5, 5.41) is 3.98. The van der Waals surface area contributed by atoms with Gasteiger partial charge in [0.2, 0.25) is 11.9 Å². The molecule has 0 spiro atoms. The first kappa shape index (κ1) is 20.6. The summed E-state index contributed by atoms with van der Waals surface area (Å²) < 4.78 is 19.4. The third-order valence-electron chi connectivity index (χ3n) is 7.08. The van der Waals surface area contributed by atoms with E-state index < -0.39 is 0 Å². The van der Waals surface area contributed by atoms with Crippen LogP contribution in [0.15, 0.2) is 85.1 Å². The van der Waals surface area contributed by atoms with Gasteiger partial charge in [0.05, 0.1) is 22.0 Å². The maximum Gasteiger partial charge on any atom is 0.220 e. The molecule has 2 nitrogen and oxygen atoms in total. The Kier molecular flexibility index (Phi) is 4.56. The Morgan fingerprint density at radius 3 is 2.03 bits per heavy atom. The molecule has 0 aliphatic rings. The average Bonchev–Trinajstić information content (AvgIpc) is 3.16. The van der Waals surface area contributed by atoms with Crippen LogP contribution in [-0.2, 0) is 7.05 Å². The van der Waals surface area contributed by atoms with E-state index in [9.17, 15) is 0 Å². The maximum absolute atomic E-state index is 15.2. The first-order valence-corrected chi connectivity index (χ1v) is 11.6. The molecule has 6 rings (SSSR count). The number of aromatic nitrogens is 2. The van der Waals surface area contributed by atoms with Gasteiger partial charge in [0.25, 0.3) is 0 Å². The summed E-state index contributed by atoms with van der Waals surface area (Å²) in [7, 11) is 1.93. The molecule has 0 amide bonds. The molecule has 0 bridgehead atoms. The third kappa shape index (κ3) is 2.97. The number of hydrogen-bond acceptors (Lipinski definition) is 0. The summed E-state index contributed by atoms with van der Waals surface area (Å²) in [6.45, 7) is 6.41. The molecule has 0 atom stereocenters. The zero-order valence-corrected chi connectivity index (χ0v) is 19.9. The largest absolute Gasteiger partial charge is 0.309 e. The number of para-hydroxylation sites is 2. The van der Waals surface area contributed by atoms with Crippen LogP contribution < -0.4 is 4.57 Å². The van der Waals surface area contributed by atoms with Crippen molar-refractivity contribution >= 4 is 32.6 Å². The van der Waals surface area contributed by atoms with Crippen LogP contribution in [-0.4, -0.2) is 4.57 Å². The van der Waals surface area contributed by atoms with Crippen LogP contribution >= 0.6 is 0 Å². The molecule has 0 fully saturated rings. The van der Waals surface area contributed by atoms with Gasteiger partial charge in [-0.05, 0) is 68.3 Å². The van der Waals surface area contributed by atoms with E-state index in [-0.39, 0.29) is 5.82 Å². The Morgan fingerprint density at radius 1 is 0.706 bits per heavy atom. The number of aryl methyl sites for hydroxylation is 3. The van der Waals surface area contributed by atoms with Gasteiger partial charge >= 0.3 is 0 Å². The van der Waals surface area contributed by atoms with Gasteiger partial charge in [-0.2, -0.15) is 8.96 Å². The van der Waals surface area contributed by atoms with E-state index in [4.69, 9.17) is 0 Å². The zero-order chi connectivity index (χ0) is 23.6. The molecule has 34 heavy (non-hydrogen) atoms. The van der Waals surface area contributed by atoms with Crippen molar-refractivity contribution in [3.05, 3.63) is 108 Å². The molecule has 166 valence electrons. The van der Waals surface area contributed by atoms with Crippen molar-refractivity contribution in [2.24, 2.45) is 7.05 Å². The lowest BCUT2D eigenvalue weighted by Crippen LogP contribution is -2.32. The fourth-order valence-corrected chi connectivity index (χ4v) is 5.39. The Morgan fingerprint density at radius 2 is 1.35 bits per heavy atom. The predicted molar refractivity (Wildman–Crippen MR) is 139 cm³/mol. The summed E-state index contributed by atoms with van der Waals surface area (Å²) in [6, 6.07) is 27.4. The van der Waals surface area contributed by atoms with Crippen LogP contribution in [0.3, 0.4) is 0 Å². The second-order valence-corrected chi connectivity index (χ2v) is 9.29. The molecule has 2 heterocycles. The summed E-state index contributed by atoms with van der Waals surface area (Å²) in [4.78, 5) is 0. The molecule has 0 saturated carbocycles. The van der Waals surface area contributed by atoms with Crippen LogP contribution in [0.25, 0.3) is 49.5 Å². The van der Waals surface area contributed by atoms with E-state index >= 15 is 4.39 Å². The quantitative estimate of drug-likeness (QED) is 0.244. The highest BCUT2D eigenvalue weighted by atomic mass is 19.1. The minimum absolute atomic E-state index is 0.211. The molecule has 0 N–H and O–H groups in total. The lowest BCUT2D eigenvalue weighted by atomic mass is 9.94. The second-order valence-electron chi connectivity index (χ2n) is 9.29. The number of fused-ring (bicyclic) bond motifs is 4. The third-order valence-corrected chi connectivity index (χ3v) is 7.08. The fraction of sp³-hybridized carbons (Fsp3) is 0.129. The van der Waals surface area contributed by atoms with E-state index in [0.29, 0.717) is 5.39 Å². The number of benzene rings is 4.